The van der Waals surface area contributed by atoms with Gasteiger partial charge in [-0.2, -0.15) is 0 Å². The van der Waals surface area contributed by atoms with Gasteiger partial charge in [0, 0.05) is 7.05 Å². The quantitative estimate of drug-likeness (QED) is 0.565. The number of hydrogen-bond acceptors (Lipinski definition) is 1. The molecule has 2 heteroatoms. The van der Waals surface area contributed by atoms with Crippen molar-refractivity contribution in [3.8, 4) is 0 Å². The topological polar surface area (TPSA) is 20.3 Å². The van der Waals surface area contributed by atoms with Crippen molar-refractivity contribution >= 4 is 5.91 Å². The van der Waals surface area contributed by atoms with Crippen LogP contribution < -0.4 is 0 Å². The zero-order valence-electron chi connectivity index (χ0n) is 7.97. The second kappa shape index (κ2) is 2.47. The van der Waals surface area contributed by atoms with Crippen molar-refractivity contribution in [2.75, 3.05) is 7.05 Å². The van der Waals surface area contributed by atoms with E-state index in [2.05, 4.69) is 18.2 Å². The zero-order chi connectivity index (χ0) is 9.71. The zero-order valence-corrected chi connectivity index (χ0v) is 7.97. The number of hydrogen-bond donors (Lipinski definition) is 0. The highest BCUT2D eigenvalue weighted by atomic mass is 16.2. The predicted molar refractivity (Wildman–Crippen MR) is 53.8 cm³/mol. The van der Waals surface area contributed by atoms with Crippen molar-refractivity contribution in [1.29, 1.82) is 0 Å². The van der Waals surface area contributed by atoms with Crippen LogP contribution in [0, 0.1) is 0 Å². The van der Waals surface area contributed by atoms with Gasteiger partial charge in [0.2, 0.25) is 5.91 Å². The van der Waals surface area contributed by atoms with Crippen LogP contribution in [0.25, 0.3) is 0 Å². The highest BCUT2D eigenvalue weighted by Crippen LogP contribution is 2.41. The minimum Gasteiger partial charge on any atom is -0.334 e. The third-order valence-electron chi connectivity index (χ3n) is 3.17. The number of rotatable bonds is 0. The van der Waals surface area contributed by atoms with E-state index in [-0.39, 0.29) is 17.9 Å². The Morgan fingerprint density at radius 2 is 1.86 bits per heavy atom. The molecule has 1 aromatic rings. The fourth-order valence-electron chi connectivity index (χ4n) is 2.40. The minimum absolute atomic E-state index is 0.0406. The Kier molecular flexibility index (Phi) is 1.38. The summed E-state index contributed by atoms with van der Waals surface area (Å²) in [6.45, 7) is 0. The molecular formula is C12H11NO. The number of benzene rings is 1. The van der Waals surface area contributed by atoms with Gasteiger partial charge < -0.3 is 4.90 Å². The van der Waals surface area contributed by atoms with Crippen LogP contribution in [0.15, 0.2) is 36.4 Å². The van der Waals surface area contributed by atoms with Crippen molar-refractivity contribution in [2.24, 2.45) is 0 Å². The number of likely N-dealkylation sites (N-methyl/N-ethyl adjacent to an activating group) is 1. The van der Waals surface area contributed by atoms with Gasteiger partial charge in [0.15, 0.2) is 0 Å². The lowest BCUT2D eigenvalue weighted by atomic mass is 9.80. The maximum Gasteiger partial charge on any atom is 0.234 e. The molecule has 0 saturated heterocycles. The molecule has 0 unspecified atom stereocenters. The molecular weight excluding hydrogens is 174 g/mol. The van der Waals surface area contributed by atoms with E-state index >= 15 is 0 Å². The number of carbonyl (C=O) groups is 1. The summed E-state index contributed by atoms with van der Waals surface area (Å²) in [5, 5.41) is 0. The summed E-state index contributed by atoms with van der Waals surface area (Å²) in [6.07, 6.45) is 4.14. The van der Waals surface area contributed by atoms with Crippen LogP contribution in [0.3, 0.4) is 0 Å². The molecule has 2 aliphatic heterocycles. The third kappa shape index (κ3) is 0.782. The van der Waals surface area contributed by atoms with Crippen molar-refractivity contribution in [2.45, 2.75) is 12.0 Å². The molecule has 2 heterocycles. The summed E-state index contributed by atoms with van der Waals surface area (Å²) in [5.41, 5.74) is 2.46. The minimum atomic E-state index is -0.0406. The molecule has 2 atom stereocenters. The highest BCUT2D eigenvalue weighted by molar-refractivity contribution is 5.90. The van der Waals surface area contributed by atoms with E-state index in [4.69, 9.17) is 0 Å². The Morgan fingerprint density at radius 1 is 1.14 bits per heavy atom. The van der Waals surface area contributed by atoms with Gasteiger partial charge in [-0.05, 0) is 11.1 Å². The molecule has 2 bridgehead atoms. The van der Waals surface area contributed by atoms with E-state index in [9.17, 15) is 4.79 Å². The lowest BCUT2D eigenvalue weighted by Gasteiger charge is -2.40. The molecule has 2 nitrogen and oxygen atoms in total. The molecule has 0 fully saturated rings. The average molecular weight is 185 g/mol. The highest BCUT2D eigenvalue weighted by Gasteiger charge is 2.38. The predicted octanol–water partition coefficient (Wildman–Crippen LogP) is 1.85. The SMILES string of the molecule is CN1C(=O)[C@H]2C=C[C@@H]1c1ccccc12. The Balaban J connectivity index is 2.26. The number of fused-ring (bicyclic) bond motifs is 1. The first kappa shape index (κ1) is 7.80. The van der Waals surface area contributed by atoms with Crippen LogP contribution >= 0.6 is 0 Å². The molecule has 0 aromatic heterocycles. The Bertz CT molecular complexity index is 436. The van der Waals surface area contributed by atoms with E-state index in [1.165, 1.54) is 11.1 Å². The summed E-state index contributed by atoms with van der Waals surface area (Å²) in [4.78, 5) is 13.7. The largest absolute Gasteiger partial charge is 0.334 e. The lowest BCUT2D eigenvalue weighted by Crippen LogP contribution is -2.41. The first-order valence-electron chi connectivity index (χ1n) is 4.83. The van der Waals surface area contributed by atoms with E-state index in [1.807, 2.05) is 30.2 Å². The first-order valence-corrected chi connectivity index (χ1v) is 4.83. The van der Waals surface area contributed by atoms with Gasteiger partial charge in [0.1, 0.15) is 0 Å². The molecule has 0 saturated carbocycles. The van der Waals surface area contributed by atoms with Gasteiger partial charge in [0.05, 0.1) is 12.0 Å². The molecule has 0 spiro atoms. The van der Waals surface area contributed by atoms with Crippen LogP contribution in [0.4, 0.5) is 0 Å². The van der Waals surface area contributed by atoms with Crippen molar-refractivity contribution < 1.29 is 4.79 Å². The fourth-order valence-corrected chi connectivity index (χ4v) is 2.40. The van der Waals surface area contributed by atoms with Gasteiger partial charge in [-0.15, -0.1) is 0 Å². The van der Waals surface area contributed by atoms with Gasteiger partial charge >= 0.3 is 0 Å². The van der Waals surface area contributed by atoms with E-state index in [1.54, 1.807) is 0 Å². The summed E-state index contributed by atoms with van der Waals surface area (Å²) in [6, 6.07) is 8.36. The van der Waals surface area contributed by atoms with Crippen LogP contribution in [-0.2, 0) is 4.79 Å². The van der Waals surface area contributed by atoms with E-state index in [0.717, 1.165) is 0 Å². The first-order chi connectivity index (χ1) is 6.79. The average Bonchev–Trinajstić information content (AvgIpc) is 2.24. The number of carbonyl (C=O) groups excluding carboxylic acids is 1. The molecule has 14 heavy (non-hydrogen) atoms. The Hall–Kier alpha value is -1.57. The second-order valence-corrected chi connectivity index (χ2v) is 3.89. The normalized spacial score (nSPS) is 28.1. The van der Waals surface area contributed by atoms with Crippen LogP contribution in [0.1, 0.15) is 23.1 Å². The summed E-state index contributed by atoms with van der Waals surface area (Å²) >= 11 is 0. The molecule has 1 aromatic carbocycles. The maximum atomic E-state index is 11.8. The van der Waals surface area contributed by atoms with Crippen molar-refractivity contribution in [3.63, 3.8) is 0 Å². The van der Waals surface area contributed by atoms with Gasteiger partial charge in [-0.3, -0.25) is 4.79 Å². The lowest BCUT2D eigenvalue weighted by molar-refractivity contribution is -0.133. The van der Waals surface area contributed by atoms with Crippen molar-refractivity contribution in [1.82, 2.24) is 4.90 Å². The molecule has 3 aliphatic rings. The number of nitrogens with zero attached hydrogens (tertiary/aromatic N) is 1. The molecule has 1 aliphatic carbocycles. The second-order valence-electron chi connectivity index (χ2n) is 3.89. The fraction of sp³-hybridized carbons (Fsp3) is 0.250. The summed E-state index contributed by atoms with van der Waals surface area (Å²) in [5.74, 6) is 0.178. The molecule has 0 radical (unpaired) electrons. The molecule has 4 rings (SSSR count). The van der Waals surface area contributed by atoms with E-state index < -0.39 is 0 Å². The molecule has 70 valence electrons. The van der Waals surface area contributed by atoms with Crippen LogP contribution in [0.5, 0.6) is 0 Å². The third-order valence-corrected chi connectivity index (χ3v) is 3.17. The smallest absolute Gasteiger partial charge is 0.234 e. The van der Waals surface area contributed by atoms with E-state index in [0.29, 0.717) is 0 Å². The molecule has 0 N–H and O–H groups in total. The monoisotopic (exact) mass is 185 g/mol. The van der Waals surface area contributed by atoms with Crippen molar-refractivity contribution in [3.05, 3.63) is 47.5 Å². The Labute approximate surface area is 82.8 Å². The van der Waals surface area contributed by atoms with Gasteiger partial charge in [-0.25, -0.2) is 0 Å². The maximum absolute atomic E-state index is 11.8. The Morgan fingerprint density at radius 3 is 2.64 bits per heavy atom. The standard InChI is InChI=1S/C12H11NO/c1-13-11-7-6-10(12(13)14)8-4-2-3-5-9(8)11/h2-7,10-11H,1H3/t10-,11+/m0/s1. The van der Waals surface area contributed by atoms with Gasteiger partial charge in [-0.1, -0.05) is 36.4 Å². The summed E-state index contributed by atoms with van der Waals surface area (Å²) in [7, 11) is 1.87. The van der Waals surface area contributed by atoms with Gasteiger partial charge in [0.25, 0.3) is 0 Å². The molecule has 1 amide bonds. The van der Waals surface area contributed by atoms with Crippen LogP contribution in [0.2, 0.25) is 0 Å². The van der Waals surface area contributed by atoms with Crippen LogP contribution in [-0.4, -0.2) is 17.9 Å². The summed E-state index contributed by atoms with van der Waals surface area (Å²) < 4.78 is 0. The number of amides is 1.